The van der Waals surface area contributed by atoms with E-state index in [1.54, 1.807) is 0 Å². The van der Waals surface area contributed by atoms with Gasteiger partial charge in [0.2, 0.25) is 5.91 Å². The molecule has 0 saturated heterocycles. The summed E-state index contributed by atoms with van der Waals surface area (Å²) < 4.78 is 6.21. The molecule has 2 atom stereocenters. The maximum Gasteiger partial charge on any atom is 0.265 e. The van der Waals surface area contributed by atoms with E-state index < -0.39 is 6.10 Å². The van der Waals surface area contributed by atoms with Gasteiger partial charge in [0.25, 0.3) is 5.91 Å². The number of anilines is 1. The van der Waals surface area contributed by atoms with Crippen LogP contribution in [-0.4, -0.2) is 29.4 Å². The van der Waals surface area contributed by atoms with Gasteiger partial charge in [-0.3, -0.25) is 9.59 Å². The van der Waals surface area contributed by atoms with Gasteiger partial charge in [0.15, 0.2) is 6.10 Å². The highest BCUT2D eigenvalue weighted by Crippen LogP contribution is 2.41. The highest BCUT2D eigenvalue weighted by atomic mass is 16.5. The van der Waals surface area contributed by atoms with Crippen LogP contribution in [0.1, 0.15) is 54.5 Å². The van der Waals surface area contributed by atoms with Crippen LogP contribution in [0.4, 0.5) is 5.69 Å². The molecule has 0 aromatic heterocycles. The van der Waals surface area contributed by atoms with Gasteiger partial charge in [-0.2, -0.15) is 0 Å². The maximum absolute atomic E-state index is 13.2. The summed E-state index contributed by atoms with van der Waals surface area (Å²) in [5, 5.41) is 2.94. The number of para-hydroxylation sites is 1. The zero-order valence-corrected chi connectivity index (χ0v) is 20.4. The summed E-state index contributed by atoms with van der Waals surface area (Å²) in [6, 6.07) is 23.8. The van der Waals surface area contributed by atoms with Gasteiger partial charge in [0.05, 0.1) is 6.04 Å². The number of rotatable bonds is 7. The van der Waals surface area contributed by atoms with Crippen molar-refractivity contribution >= 4 is 17.5 Å². The van der Waals surface area contributed by atoms with Gasteiger partial charge in [0, 0.05) is 18.2 Å². The van der Waals surface area contributed by atoms with E-state index in [-0.39, 0.29) is 23.8 Å². The number of nitrogens with one attached hydrogen (secondary N) is 1. The number of amides is 2. The van der Waals surface area contributed by atoms with E-state index in [2.05, 4.69) is 42.6 Å². The average molecular weight is 469 g/mol. The number of hydrogen-bond donors (Lipinski definition) is 1. The molecule has 2 amide bonds. The molecule has 1 saturated carbocycles. The molecule has 0 radical (unpaired) electrons. The number of nitrogens with zero attached hydrogens (tertiary/aromatic N) is 1. The fourth-order valence-electron chi connectivity index (χ4n) is 4.81. The number of benzene rings is 3. The molecule has 1 aliphatic heterocycles. The molecule has 0 unspecified atom stereocenters. The van der Waals surface area contributed by atoms with Crippen LogP contribution in [0.15, 0.2) is 72.8 Å². The zero-order chi connectivity index (χ0) is 24.4. The minimum atomic E-state index is -0.612. The van der Waals surface area contributed by atoms with E-state index in [1.807, 2.05) is 54.3 Å². The first-order chi connectivity index (χ1) is 17.0. The number of aryl methyl sites for hydroxylation is 1. The normalized spacial score (nSPS) is 17.9. The Morgan fingerprint density at radius 1 is 1.03 bits per heavy atom. The molecule has 35 heavy (non-hydrogen) atoms. The number of carbonyl (C=O) groups excluding carboxylic acids is 2. The van der Waals surface area contributed by atoms with Gasteiger partial charge < -0.3 is 15.0 Å². The van der Waals surface area contributed by atoms with Crippen molar-refractivity contribution in [3.05, 3.63) is 95.1 Å². The Morgan fingerprint density at radius 2 is 1.77 bits per heavy atom. The van der Waals surface area contributed by atoms with E-state index in [0.29, 0.717) is 12.2 Å². The van der Waals surface area contributed by atoms with Gasteiger partial charge >= 0.3 is 0 Å². The highest BCUT2D eigenvalue weighted by Gasteiger charge is 2.39. The predicted molar refractivity (Wildman–Crippen MR) is 137 cm³/mol. The fraction of sp³-hybridized carbons (Fsp3) is 0.333. The quantitative estimate of drug-likeness (QED) is 0.486. The Bertz CT molecular complexity index is 1200. The number of ether oxygens (including phenoxy) is 1. The Kier molecular flexibility index (Phi) is 6.58. The molecule has 0 bridgehead atoms. The van der Waals surface area contributed by atoms with Crippen LogP contribution in [0.2, 0.25) is 0 Å². The van der Waals surface area contributed by atoms with Gasteiger partial charge in [-0.05, 0) is 73.6 Å². The van der Waals surface area contributed by atoms with Gasteiger partial charge in [-0.15, -0.1) is 0 Å². The maximum atomic E-state index is 13.2. The molecule has 1 fully saturated rings. The number of carbonyl (C=O) groups is 2. The van der Waals surface area contributed by atoms with Crippen molar-refractivity contribution in [3.63, 3.8) is 0 Å². The molecule has 3 aromatic carbocycles. The highest BCUT2D eigenvalue weighted by molar-refractivity contribution is 5.94. The summed E-state index contributed by atoms with van der Waals surface area (Å²) in [6.45, 7) is 4.74. The van der Waals surface area contributed by atoms with Gasteiger partial charge in [-0.1, -0.05) is 61.0 Å². The molecule has 1 N–H and O–H groups in total. The summed E-state index contributed by atoms with van der Waals surface area (Å²) in [5.41, 5.74) is 5.36. The summed E-state index contributed by atoms with van der Waals surface area (Å²) in [4.78, 5) is 28.2. The average Bonchev–Trinajstić information content (AvgIpc) is 3.73. The van der Waals surface area contributed by atoms with Crippen molar-refractivity contribution in [2.75, 3.05) is 11.9 Å². The third-order valence-corrected chi connectivity index (χ3v) is 6.93. The van der Waals surface area contributed by atoms with Crippen molar-refractivity contribution in [2.45, 2.75) is 51.7 Å². The summed E-state index contributed by atoms with van der Waals surface area (Å²) in [5.74, 6) is 0.894. The fourth-order valence-corrected chi connectivity index (χ4v) is 4.81. The first kappa shape index (κ1) is 23.2. The van der Waals surface area contributed by atoms with Gasteiger partial charge in [0.1, 0.15) is 5.75 Å². The predicted octanol–water partition coefficient (Wildman–Crippen LogP) is 5.68. The third kappa shape index (κ3) is 5.09. The van der Waals surface area contributed by atoms with Crippen molar-refractivity contribution in [1.82, 2.24) is 4.90 Å². The van der Waals surface area contributed by atoms with Crippen LogP contribution in [-0.2, 0) is 16.0 Å². The molecular formula is C30H32N2O3. The van der Waals surface area contributed by atoms with E-state index in [0.717, 1.165) is 42.6 Å². The lowest BCUT2D eigenvalue weighted by molar-refractivity contribution is -0.134. The number of fused-ring (bicyclic) bond motifs is 1. The lowest BCUT2D eigenvalue weighted by atomic mass is 9.87. The second-order valence-corrected chi connectivity index (χ2v) is 9.60. The third-order valence-electron chi connectivity index (χ3n) is 6.93. The Hall–Kier alpha value is -3.60. The lowest BCUT2D eigenvalue weighted by Gasteiger charge is -2.38. The first-order valence-corrected chi connectivity index (χ1v) is 12.6. The zero-order valence-electron chi connectivity index (χ0n) is 20.4. The minimum Gasteiger partial charge on any atom is -0.481 e. The monoisotopic (exact) mass is 468 g/mol. The number of hydrogen-bond acceptors (Lipinski definition) is 3. The van der Waals surface area contributed by atoms with Crippen molar-refractivity contribution in [2.24, 2.45) is 5.92 Å². The SMILES string of the molecule is CC[C@H](Oc1ccc2c(c1)[C@H](c1ccc(C)cc1)N(C(=O)C1CC1)CC2)C(=O)Nc1ccccc1. The molecule has 180 valence electrons. The summed E-state index contributed by atoms with van der Waals surface area (Å²) in [6.07, 6.45) is 2.73. The van der Waals surface area contributed by atoms with Crippen LogP contribution < -0.4 is 10.1 Å². The van der Waals surface area contributed by atoms with Crippen LogP contribution in [0.3, 0.4) is 0 Å². The molecule has 5 nitrogen and oxygen atoms in total. The topological polar surface area (TPSA) is 58.6 Å². The van der Waals surface area contributed by atoms with Crippen molar-refractivity contribution in [1.29, 1.82) is 0 Å². The van der Waals surface area contributed by atoms with E-state index in [9.17, 15) is 9.59 Å². The Labute approximate surface area is 207 Å². The minimum absolute atomic E-state index is 0.144. The summed E-state index contributed by atoms with van der Waals surface area (Å²) >= 11 is 0. The second kappa shape index (κ2) is 9.95. The van der Waals surface area contributed by atoms with Crippen molar-refractivity contribution < 1.29 is 14.3 Å². The Balaban J connectivity index is 1.43. The Morgan fingerprint density at radius 3 is 2.46 bits per heavy atom. The van der Waals surface area contributed by atoms with E-state index in [4.69, 9.17) is 4.74 Å². The standard InChI is InChI=1S/C30H32N2O3/c1-3-27(29(33)31-24-7-5-4-6-8-24)35-25-16-15-21-17-18-32(30(34)23-13-14-23)28(26(21)19-25)22-11-9-20(2)10-12-22/h4-12,15-16,19,23,27-28H,3,13-14,17-18H2,1-2H3,(H,31,33)/t27-,28-/m0/s1. The molecule has 5 rings (SSSR count). The molecule has 2 aliphatic rings. The molecule has 1 heterocycles. The van der Waals surface area contributed by atoms with Crippen LogP contribution in [0, 0.1) is 12.8 Å². The molecule has 1 aliphatic carbocycles. The van der Waals surface area contributed by atoms with Gasteiger partial charge in [-0.25, -0.2) is 0 Å². The molecule has 3 aromatic rings. The molecular weight excluding hydrogens is 436 g/mol. The van der Waals surface area contributed by atoms with E-state index >= 15 is 0 Å². The first-order valence-electron chi connectivity index (χ1n) is 12.6. The summed E-state index contributed by atoms with van der Waals surface area (Å²) in [7, 11) is 0. The van der Waals surface area contributed by atoms with Crippen molar-refractivity contribution in [3.8, 4) is 5.75 Å². The smallest absolute Gasteiger partial charge is 0.265 e. The van der Waals surface area contributed by atoms with Crippen LogP contribution >= 0.6 is 0 Å². The molecule has 0 spiro atoms. The van der Waals surface area contributed by atoms with Crippen LogP contribution in [0.5, 0.6) is 5.75 Å². The van der Waals surface area contributed by atoms with Crippen LogP contribution in [0.25, 0.3) is 0 Å². The lowest BCUT2D eigenvalue weighted by Crippen LogP contribution is -2.41. The molecule has 5 heteroatoms. The largest absolute Gasteiger partial charge is 0.481 e. The van der Waals surface area contributed by atoms with E-state index in [1.165, 1.54) is 11.1 Å². The second-order valence-electron chi connectivity index (χ2n) is 9.60.